The van der Waals surface area contributed by atoms with Crippen LogP contribution in [0.25, 0.3) is 17.1 Å². The van der Waals surface area contributed by atoms with Crippen LogP contribution in [0, 0.1) is 0 Å². The molecule has 2 heterocycles. The van der Waals surface area contributed by atoms with Gasteiger partial charge in [0.25, 0.3) is 0 Å². The Morgan fingerprint density at radius 2 is 2.19 bits per heavy atom. The number of hydrogen-bond acceptors (Lipinski definition) is 6. The van der Waals surface area contributed by atoms with Crippen LogP contribution in [0.5, 0.6) is 0 Å². The first-order valence-corrected chi connectivity index (χ1v) is 6.42. The van der Waals surface area contributed by atoms with Gasteiger partial charge in [-0.2, -0.15) is 0 Å². The number of nitrogen functional groups attached to an aromatic ring is 1. The van der Waals surface area contributed by atoms with Gasteiger partial charge < -0.3 is 25.6 Å². The maximum atomic E-state index is 9.56. The molecule has 0 radical (unpaired) electrons. The van der Waals surface area contributed by atoms with Crippen molar-refractivity contribution in [1.29, 1.82) is 0 Å². The summed E-state index contributed by atoms with van der Waals surface area (Å²) in [5.74, 6) is 0.371. The number of aromatic nitrogens is 3. The number of fused-ring (bicyclic) bond motifs is 1. The van der Waals surface area contributed by atoms with Crippen LogP contribution in [0.4, 0.5) is 5.82 Å². The van der Waals surface area contributed by atoms with Crippen molar-refractivity contribution in [3.63, 3.8) is 0 Å². The van der Waals surface area contributed by atoms with Crippen LogP contribution in [0.15, 0.2) is 30.8 Å². The average Bonchev–Trinajstić information content (AvgIpc) is 2.87. The Morgan fingerprint density at radius 3 is 2.81 bits per heavy atom. The molecule has 2 rings (SSSR count). The van der Waals surface area contributed by atoms with Gasteiger partial charge in [0.15, 0.2) is 0 Å². The molecule has 21 heavy (non-hydrogen) atoms. The van der Waals surface area contributed by atoms with Crippen molar-refractivity contribution >= 4 is 22.9 Å². The van der Waals surface area contributed by atoms with E-state index in [4.69, 9.17) is 10.8 Å². The normalized spacial score (nSPS) is 13.6. The molecule has 0 saturated heterocycles. The van der Waals surface area contributed by atoms with E-state index >= 15 is 0 Å². The number of aliphatic hydroxyl groups excluding tert-OH is 3. The number of rotatable bonds is 6. The van der Waals surface area contributed by atoms with Crippen LogP contribution in [0.3, 0.4) is 0 Å². The number of hydrogen-bond donors (Lipinski definition) is 4. The smallest absolute Gasteiger partial charge is 0.146 e. The van der Waals surface area contributed by atoms with E-state index in [1.54, 1.807) is 12.2 Å². The molecule has 7 heteroatoms. The highest BCUT2D eigenvalue weighted by Gasteiger charge is 2.12. The predicted molar refractivity (Wildman–Crippen MR) is 80.3 cm³/mol. The van der Waals surface area contributed by atoms with Gasteiger partial charge in [0.2, 0.25) is 0 Å². The molecule has 0 aromatic carbocycles. The minimum absolute atomic E-state index is 0.327. The Balaban J connectivity index is 2.41. The Labute approximate surface area is 121 Å². The molecule has 0 bridgehead atoms. The summed E-state index contributed by atoms with van der Waals surface area (Å²) in [5, 5.41) is 28.4. The van der Waals surface area contributed by atoms with E-state index in [-0.39, 0.29) is 6.61 Å². The van der Waals surface area contributed by atoms with Gasteiger partial charge in [-0.1, -0.05) is 18.7 Å². The summed E-state index contributed by atoms with van der Waals surface area (Å²) in [4.78, 5) is 8.16. The van der Waals surface area contributed by atoms with Crippen LogP contribution >= 0.6 is 0 Å². The van der Waals surface area contributed by atoms with Crippen LogP contribution in [-0.2, 0) is 6.54 Å². The number of allylic oxidation sites excluding steroid dienone is 1. The molecule has 0 fully saturated rings. The van der Waals surface area contributed by atoms with Crippen molar-refractivity contribution in [2.75, 3.05) is 18.9 Å². The second kappa shape index (κ2) is 6.49. The van der Waals surface area contributed by atoms with Gasteiger partial charge in [-0.05, 0) is 5.57 Å². The third kappa shape index (κ3) is 2.94. The zero-order valence-electron chi connectivity index (χ0n) is 11.5. The van der Waals surface area contributed by atoms with E-state index in [1.165, 1.54) is 6.33 Å². The average molecular weight is 290 g/mol. The predicted octanol–water partition coefficient (Wildman–Crippen LogP) is -0.0716. The molecule has 7 nitrogen and oxygen atoms in total. The van der Waals surface area contributed by atoms with Crippen molar-refractivity contribution in [1.82, 2.24) is 14.5 Å². The molecule has 5 N–H and O–H groups in total. The van der Waals surface area contributed by atoms with Gasteiger partial charge in [0, 0.05) is 18.3 Å². The SMILES string of the molecule is C=Cc1cn(C/C=C(/CO)C(O)CO)c2ncnc(N)c12. The zero-order chi connectivity index (χ0) is 15.4. The quantitative estimate of drug-likeness (QED) is 0.553. The van der Waals surface area contributed by atoms with Gasteiger partial charge in [-0.25, -0.2) is 9.97 Å². The van der Waals surface area contributed by atoms with E-state index in [2.05, 4.69) is 16.5 Å². The van der Waals surface area contributed by atoms with E-state index in [9.17, 15) is 10.2 Å². The highest BCUT2D eigenvalue weighted by molar-refractivity contribution is 5.94. The molecule has 0 amide bonds. The first kappa shape index (κ1) is 15.2. The van der Waals surface area contributed by atoms with Crippen LogP contribution in [0.2, 0.25) is 0 Å². The van der Waals surface area contributed by atoms with Crippen molar-refractivity contribution < 1.29 is 15.3 Å². The third-order valence-corrected chi connectivity index (χ3v) is 3.27. The first-order valence-electron chi connectivity index (χ1n) is 6.42. The monoisotopic (exact) mass is 290 g/mol. The van der Waals surface area contributed by atoms with Crippen LogP contribution < -0.4 is 5.73 Å². The summed E-state index contributed by atoms with van der Waals surface area (Å²) >= 11 is 0. The van der Waals surface area contributed by atoms with Crippen molar-refractivity contribution in [3.05, 3.63) is 36.3 Å². The lowest BCUT2D eigenvalue weighted by Crippen LogP contribution is -2.18. The van der Waals surface area contributed by atoms with Gasteiger partial charge in [-0.15, -0.1) is 0 Å². The van der Waals surface area contributed by atoms with Crippen LogP contribution in [-0.4, -0.2) is 49.2 Å². The molecule has 112 valence electrons. The maximum absolute atomic E-state index is 9.56. The summed E-state index contributed by atoms with van der Waals surface area (Å²) in [6.07, 6.45) is 5.43. The summed E-state index contributed by atoms with van der Waals surface area (Å²) in [6, 6.07) is 0. The Kier molecular flexibility index (Phi) is 4.69. The molecule has 2 aromatic heterocycles. The Hall–Kier alpha value is -2.22. The molecule has 1 unspecified atom stereocenters. The third-order valence-electron chi connectivity index (χ3n) is 3.27. The molecule has 1 atom stereocenters. The molecule has 0 saturated carbocycles. The van der Waals surface area contributed by atoms with Gasteiger partial charge in [0.1, 0.15) is 23.9 Å². The first-order chi connectivity index (χ1) is 10.1. The van der Waals surface area contributed by atoms with Crippen molar-refractivity contribution in [3.8, 4) is 0 Å². The molecule has 0 aliphatic carbocycles. The summed E-state index contributed by atoms with van der Waals surface area (Å²) in [7, 11) is 0. The minimum atomic E-state index is -1.07. The van der Waals surface area contributed by atoms with E-state index < -0.39 is 12.7 Å². The molecule has 0 aliphatic rings. The summed E-state index contributed by atoms with van der Waals surface area (Å²) in [6.45, 7) is 3.34. The van der Waals surface area contributed by atoms with E-state index in [0.717, 1.165) is 5.56 Å². The van der Waals surface area contributed by atoms with Crippen molar-refractivity contribution in [2.24, 2.45) is 0 Å². The largest absolute Gasteiger partial charge is 0.393 e. The molecule has 0 aliphatic heterocycles. The number of nitrogens with zero attached hydrogens (tertiary/aromatic N) is 3. The van der Waals surface area contributed by atoms with Gasteiger partial charge in [0.05, 0.1) is 18.6 Å². The second-order valence-electron chi connectivity index (χ2n) is 4.53. The van der Waals surface area contributed by atoms with Crippen molar-refractivity contribution in [2.45, 2.75) is 12.6 Å². The minimum Gasteiger partial charge on any atom is -0.393 e. The highest BCUT2D eigenvalue weighted by atomic mass is 16.3. The maximum Gasteiger partial charge on any atom is 0.146 e. The molecule has 0 spiro atoms. The lowest BCUT2D eigenvalue weighted by atomic mass is 10.1. The Bertz CT molecular complexity index is 678. The van der Waals surface area contributed by atoms with Crippen LogP contribution in [0.1, 0.15) is 5.56 Å². The second-order valence-corrected chi connectivity index (χ2v) is 4.53. The summed E-state index contributed by atoms with van der Waals surface area (Å²) < 4.78 is 1.81. The zero-order valence-corrected chi connectivity index (χ0v) is 11.5. The van der Waals surface area contributed by atoms with E-state index in [0.29, 0.717) is 29.0 Å². The lowest BCUT2D eigenvalue weighted by molar-refractivity contribution is 0.111. The summed E-state index contributed by atoms with van der Waals surface area (Å²) in [5.41, 5.74) is 7.66. The lowest BCUT2D eigenvalue weighted by Gasteiger charge is -2.10. The molecular formula is C14H18N4O3. The topological polar surface area (TPSA) is 117 Å². The number of anilines is 1. The van der Waals surface area contributed by atoms with E-state index in [1.807, 2.05) is 10.8 Å². The molecular weight excluding hydrogens is 272 g/mol. The van der Waals surface area contributed by atoms with Gasteiger partial charge in [-0.3, -0.25) is 0 Å². The molecule has 2 aromatic rings. The number of nitrogens with two attached hydrogens (primary N) is 1. The fourth-order valence-electron chi connectivity index (χ4n) is 2.11. The fraction of sp³-hybridized carbons (Fsp3) is 0.286. The number of aliphatic hydroxyl groups is 3. The fourth-order valence-corrected chi connectivity index (χ4v) is 2.11. The standard InChI is InChI=1S/C14H18N4O3/c1-2-9-5-18(4-3-10(6-19)11(21)7-20)14-12(9)13(15)16-8-17-14/h2-3,5,8,11,19-21H,1,4,6-7H2,(H2,15,16,17)/b10-3-. The van der Waals surface area contributed by atoms with Gasteiger partial charge >= 0.3 is 0 Å². The highest BCUT2D eigenvalue weighted by Crippen LogP contribution is 2.24. The Morgan fingerprint density at radius 1 is 1.43 bits per heavy atom.